The summed E-state index contributed by atoms with van der Waals surface area (Å²) in [6.07, 6.45) is 1.68. The van der Waals surface area contributed by atoms with Crippen molar-refractivity contribution in [1.82, 2.24) is 4.90 Å². The van der Waals surface area contributed by atoms with Gasteiger partial charge in [-0.05, 0) is 70.9 Å². The molecule has 1 heterocycles. The van der Waals surface area contributed by atoms with Crippen molar-refractivity contribution >= 4 is 63.0 Å². The molecule has 0 radical (unpaired) electrons. The van der Waals surface area contributed by atoms with Crippen LogP contribution in [0.5, 0.6) is 11.5 Å². The van der Waals surface area contributed by atoms with Gasteiger partial charge in [-0.25, -0.2) is 0 Å². The molecule has 5 rings (SSSR count). The van der Waals surface area contributed by atoms with Crippen LogP contribution in [-0.2, 0) is 17.9 Å². The highest BCUT2D eigenvalue weighted by Crippen LogP contribution is 2.37. The first-order valence-electron chi connectivity index (χ1n) is 12.0. The van der Waals surface area contributed by atoms with Crippen molar-refractivity contribution in [2.24, 2.45) is 0 Å². The molecule has 4 aromatic rings. The van der Waals surface area contributed by atoms with Gasteiger partial charge in [0.05, 0.1) is 18.1 Å². The van der Waals surface area contributed by atoms with Crippen LogP contribution in [0.1, 0.15) is 23.6 Å². The lowest BCUT2D eigenvalue weighted by Gasteiger charge is -2.15. The van der Waals surface area contributed by atoms with Crippen LogP contribution in [0, 0.1) is 0 Å². The van der Waals surface area contributed by atoms with Gasteiger partial charge in [-0.1, -0.05) is 77.8 Å². The van der Waals surface area contributed by atoms with Crippen LogP contribution in [0.25, 0.3) is 16.8 Å². The molecule has 1 fully saturated rings. The summed E-state index contributed by atoms with van der Waals surface area (Å²) in [5.74, 6) is 0.757. The van der Waals surface area contributed by atoms with Crippen molar-refractivity contribution in [2.45, 2.75) is 20.1 Å². The second-order valence-electron chi connectivity index (χ2n) is 8.53. The third kappa shape index (κ3) is 5.53. The van der Waals surface area contributed by atoms with E-state index in [-0.39, 0.29) is 11.8 Å². The van der Waals surface area contributed by atoms with Gasteiger partial charge in [-0.2, -0.15) is 0 Å². The lowest BCUT2D eigenvalue weighted by atomic mass is 10.1. The molecule has 0 saturated carbocycles. The Morgan fingerprint density at radius 2 is 1.61 bits per heavy atom. The first-order valence-corrected chi connectivity index (χ1v) is 13.6. The molecule has 1 aliphatic rings. The van der Waals surface area contributed by atoms with E-state index in [1.54, 1.807) is 30.3 Å². The van der Waals surface area contributed by atoms with Gasteiger partial charge >= 0.3 is 0 Å². The molecule has 0 atom stereocenters. The Morgan fingerprint density at radius 1 is 0.868 bits per heavy atom. The highest BCUT2D eigenvalue weighted by molar-refractivity contribution is 8.18. The molecule has 8 heteroatoms. The van der Waals surface area contributed by atoms with Crippen LogP contribution in [-0.4, -0.2) is 22.7 Å². The Hall–Kier alpha value is -3.45. The molecule has 1 aliphatic heterocycles. The number of ether oxygens (including phenoxy) is 2. The van der Waals surface area contributed by atoms with E-state index < -0.39 is 5.91 Å². The molecule has 0 unspecified atom stereocenters. The second-order valence-corrected chi connectivity index (χ2v) is 10.3. The van der Waals surface area contributed by atoms with Crippen molar-refractivity contribution in [3.63, 3.8) is 0 Å². The minimum atomic E-state index is -0.398. The summed E-state index contributed by atoms with van der Waals surface area (Å²) in [5, 5.41) is 2.72. The van der Waals surface area contributed by atoms with E-state index in [1.807, 2.05) is 43.3 Å². The molecular formula is C30H23Cl2NO4S. The first kappa shape index (κ1) is 26.2. The number of thioether (sulfide) groups is 1. The Kier molecular flexibility index (Phi) is 7.93. The number of nitrogens with zero attached hydrogens (tertiary/aromatic N) is 1. The summed E-state index contributed by atoms with van der Waals surface area (Å²) in [6, 6.07) is 24.8. The summed E-state index contributed by atoms with van der Waals surface area (Å²) in [4.78, 5) is 27.2. The molecule has 0 bridgehead atoms. The normalized spacial score (nSPS) is 14.5. The number of carbonyl (C=O) groups excluding carboxylic acids is 2. The first-order chi connectivity index (χ1) is 18.4. The predicted octanol–water partition coefficient (Wildman–Crippen LogP) is 8.36. The summed E-state index contributed by atoms with van der Waals surface area (Å²) in [6.45, 7) is 2.73. The maximum atomic E-state index is 13.1. The lowest BCUT2D eigenvalue weighted by Crippen LogP contribution is -2.27. The van der Waals surface area contributed by atoms with Crippen LogP contribution in [0.2, 0.25) is 10.0 Å². The van der Waals surface area contributed by atoms with Crippen molar-refractivity contribution in [2.75, 3.05) is 6.61 Å². The van der Waals surface area contributed by atoms with Crippen LogP contribution < -0.4 is 9.47 Å². The zero-order valence-corrected chi connectivity index (χ0v) is 22.8. The number of fused-ring (bicyclic) bond motifs is 1. The fourth-order valence-corrected chi connectivity index (χ4v) is 5.56. The average molecular weight is 564 g/mol. The average Bonchev–Trinajstić information content (AvgIpc) is 3.17. The van der Waals surface area contributed by atoms with Crippen LogP contribution in [0.3, 0.4) is 0 Å². The monoisotopic (exact) mass is 563 g/mol. The molecule has 0 spiro atoms. The maximum Gasteiger partial charge on any atom is 0.293 e. The molecule has 1 saturated heterocycles. The van der Waals surface area contributed by atoms with Crippen LogP contribution >= 0.6 is 35.0 Å². The zero-order chi connectivity index (χ0) is 26.6. The van der Waals surface area contributed by atoms with Crippen molar-refractivity contribution < 1.29 is 19.1 Å². The maximum absolute atomic E-state index is 13.1. The van der Waals surface area contributed by atoms with Crippen LogP contribution in [0.4, 0.5) is 4.79 Å². The molecule has 0 aliphatic carbocycles. The standard InChI is InChI=1S/C30H23Cl2NO4S/c1-2-36-27-15-19(13-14-26(27)37-18-21-9-5-8-20-7-3-4-10-22(20)21)16-28-29(34)33(30(35)38-28)17-23-24(31)11-6-12-25(23)32/h3-16H,2,17-18H2,1H3/b28-16-. The van der Waals surface area contributed by atoms with E-state index in [0.717, 1.165) is 33.0 Å². The molecule has 5 nitrogen and oxygen atoms in total. The molecule has 2 amide bonds. The third-order valence-corrected chi connectivity index (χ3v) is 7.70. The molecule has 192 valence electrons. The molecule has 38 heavy (non-hydrogen) atoms. The third-order valence-electron chi connectivity index (χ3n) is 6.08. The van der Waals surface area contributed by atoms with Crippen molar-refractivity contribution in [3.8, 4) is 11.5 Å². The number of amides is 2. The van der Waals surface area contributed by atoms with Gasteiger partial charge in [0.2, 0.25) is 0 Å². The molecule has 0 aromatic heterocycles. The topological polar surface area (TPSA) is 55.8 Å². The SMILES string of the molecule is CCOc1cc(/C=C2\SC(=O)N(Cc3c(Cl)cccc3Cl)C2=O)ccc1OCc1cccc2ccccc12. The summed E-state index contributed by atoms with van der Waals surface area (Å²) >= 11 is 13.4. The van der Waals surface area contributed by atoms with Gasteiger partial charge in [-0.3, -0.25) is 14.5 Å². The Balaban J connectivity index is 1.35. The smallest absolute Gasteiger partial charge is 0.293 e. The zero-order valence-electron chi connectivity index (χ0n) is 20.4. The Labute approximate surface area is 234 Å². The Morgan fingerprint density at radius 3 is 2.39 bits per heavy atom. The highest BCUT2D eigenvalue weighted by Gasteiger charge is 2.35. The van der Waals surface area contributed by atoms with Gasteiger partial charge in [0.1, 0.15) is 6.61 Å². The lowest BCUT2D eigenvalue weighted by molar-refractivity contribution is -0.123. The number of rotatable bonds is 8. The number of hydrogen-bond donors (Lipinski definition) is 0. The van der Waals surface area contributed by atoms with E-state index >= 15 is 0 Å². The van der Waals surface area contributed by atoms with Crippen LogP contribution in [0.15, 0.2) is 83.8 Å². The van der Waals surface area contributed by atoms with Gasteiger partial charge in [0.15, 0.2) is 11.5 Å². The van der Waals surface area contributed by atoms with E-state index in [1.165, 1.54) is 0 Å². The fraction of sp³-hybridized carbons (Fsp3) is 0.133. The van der Waals surface area contributed by atoms with Gasteiger partial charge in [0.25, 0.3) is 11.1 Å². The number of hydrogen-bond acceptors (Lipinski definition) is 5. The summed E-state index contributed by atoms with van der Waals surface area (Å²) in [7, 11) is 0. The molecule has 0 N–H and O–H groups in total. The minimum absolute atomic E-state index is 0.00561. The number of imide groups is 1. The Bertz CT molecular complexity index is 1540. The van der Waals surface area contributed by atoms with E-state index in [4.69, 9.17) is 32.7 Å². The molecular weight excluding hydrogens is 541 g/mol. The number of halogens is 2. The quantitative estimate of drug-likeness (QED) is 0.201. The highest BCUT2D eigenvalue weighted by atomic mass is 35.5. The largest absolute Gasteiger partial charge is 0.490 e. The van der Waals surface area contributed by atoms with Gasteiger partial charge < -0.3 is 9.47 Å². The van der Waals surface area contributed by atoms with Gasteiger partial charge in [-0.15, -0.1) is 0 Å². The fourth-order valence-electron chi connectivity index (χ4n) is 4.21. The van der Waals surface area contributed by atoms with E-state index in [0.29, 0.717) is 50.8 Å². The number of carbonyl (C=O) groups is 2. The summed E-state index contributed by atoms with van der Waals surface area (Å²) in [5.41, 5.74) is 2.32. The second kappa shape index (κ2) is 11.5. The van der Waals surface area contributed by atoms with E-state index in [9.17, 15) is 9.59 Å². The van der Waals surface area contributed by atoms with E-state index in [2.05, 4.69) is 18.2 Å². The minimum Gasteiger partial charge on any atom is -0.490 e. The predicted molar refractivity (Wildman–Crippen MR) is 154 cm³/mol. The van der Waals surface area contributed by atoms with Gasteiger partial charge in [0, 0.05) is 15.6 Å². The number of benzene rings is 4. The van der Waals surface area contributed by atoms with Crippen molar-refractivity contribution in [3.05, 3.63) is 111 Å². The van der Waals surface area contributed by atoms with Crippen molar-refractivity contribution in [1.29, 1.82) is 0 Å². The summed E-state index contributed by atoms with van der Waals surface area (Å²) < 4.78 is 12.0. The molecule has 4 aromatic carbocycles.